The number of anilines is 1. The van der Waals surface area contributed by atoms with E-state index in [4.69, 9.17) is 16.0 Å². The number of hydrogen-bond donors (Lipinski definition) is 0. The Morgan fingerprint density at radius 3 is 2.47 bits per heavy atom. The molecule has 0 amide bonds. The molecule has 1 aliphatic heterocycles. The second-order valence-electron chi connectivity index (χ2n) is 7.32. The summed E-state index contributed by atoms with van der Waals surface area (Å²) in [7, 11) is -3.67. The highest BCUT2D eigenvalue weighted by atomic mass is 35.5. The molecule has 0 N–H and O–H groups in total. The van der Waals surface area contributed by atoms with Crippen LogP contribution in [0.25, 0.3) is 12.2 Å². The molecule has 0 unspecified atom stereocenters. The first-order valence-corrected chi connectivity index (χ1v) is 11.9. The number of sulfonamides is 1. The smallest absolute Gasteiger partial charge is 0.243 e. The van der Waals surface area contributed by atoms with Crippen molar-refractivity contribution in [2.75, 3.05) is 31.1 Å². The predicted octanol–water partition coefficient (Wildman–Crippen LogP) is 4.19. The molecular weight excluding hydrogens is 448 g/mol. The standard InChI is InChI=1S/C23H21ClN4O3S/c1-17-19(24)8-5-9-21(17)32(29,30)28-14-12-27(13-15-28)23-20(16-25)26-22(31-23)11-10-18-6-3-2-4-7-18/h2-11H,12-15H2,1H3. The topological polar surface area (TPSA) is 90.4 Å². The van der Waals surface area contributed by atoms with Crippen molar-refractivity contribution in [3.8, 4) is 6.07 Å². The van der Waals surface area contributed by atoms with Crippen molar-refractivity contribution in [1.82, 2.24) is 9.29 Å². The van der Waals surface area contributed by atoms with Gasteiger partial charge in [-0.25, -0.2) is 8.42 Å². The van der Waals surface area contributed by atoms with Gasteiger partial charge in [-0.1, -0.05) is 48.0 Å². The molecular formula is C23H21ClN4O3S. The van der Waals surface area contributed by atoms with Gasteiger partial charge in [0, 0.05) is 37.3 Å². The third-order valence-electron chi connectivity index (χ3n) is 5.31. The van der Waals surface area contributed by atoms with Gasteiger partial charge in [0.15, 0.2) is 0 Å². The summed E-state index contributed by atoms with van der Waals surface area (Å²) in [5.41, 5.74) is 1.70. The van der Waals surface area contributed by atoms with Crippen LogP contribution in [0.3, 0.4) is 0 Å². The Morgan fingerprint density at radius 1 is 1.06 bits per heavy atom. The maximum Gasteiger partial charge on any atom is 0.243 e. The molecule has 2 aromatic carbocycles. The second kappa shape index (κ2) is 9.17. The lowest BCUT2D eigenvalue weighted by molar-refractivity contribution is 0.373. The average molecular weight is 469 g/mol. The van der Waals surface area contributed by atoms with Crippen LogP contribution in [0.5, 0.6) is 0 Å². The molecule has 0 saturated carbocycles. The average Bonchev–Trinajstić information content (AvgIpc) is 3.23. The van der Waals surface area contributed by atoms with E-state index in [-0.39, 0.29) is 23.7 Å². The highest BCUT2D eigenvalue weighted by Crippen LogP contribution is 2.28. The fraction of sp³-hybridized carbons (Fsp3) is 0.217. The molecule has 1 saturated heterocycles. The summed E-state index contributed by atoms with van der Waals surface area (Å²) in [4.78, 5) is 6.31. The maximum atomic E-state index is 13.1. The van der Waals surface area contributed by atoms with Crippen LogP contribution in [0.15, 0.2) is 57.8 Å². The van der Waals surface area contributed by atoms with Gasteiger partial charge in [0.1, 0.15) is 6.07 Å². The first-order valence-electron chi connectivity index (χ1n) is 10.0. The van der Waals surface area contributed by atoms with Gasteiger partial charge in [0.25, 0.3) is 0 Å². The van der Waals surface area contributed by atoms with Gasteiger partial charge in [0.05, 0.1) is 4.90 Å². The molecule has 4 rings (SSSR count). The summed E-state index contributed by atoms with van der Waals surface area (Å²) in [6, 6.07) is 16.6. The summed E-state index contributed by atoms with van der Waals surface area (Å²) in [6.45, 7) is 2.98. The van der Waals surface area contributed by atoms with Crippen LogP contribution < -0.4 is 4.90 Å². The Kier molecular flexibility index (Phi) is 6.33. The molecule has 2 heterocycles. The largest absolute Gasteiger partial charge is 0.420 e. The molecule has 7 nitrogen and oxygen atoms in total. The van der Waals surface area contributed by atoms with E-state index in [1.165, 1.54) is 4.31 Å². The first-order chi connectivity index (χ1) is 15.4. The molecule has 0 bridgehead atoms. The van der Waals surface area contributed by atoms with Gasteiger partial charge in [-0.3, -0.25) is 0 Å². The summed E-state index contributed by atoms with van der Waals surface area (Å²) >= 11 is 6.12. The van der Waals surface area contributed by atoms with Crippen LogP contribution in [0.1, 0.15) is 22.7 Å². The van der Waals surface area contributed by atoms with E-state index in [1.807, 2.05) is 41.3 Å². The van der Waals surface area contributed by atoms with Crippen molar-refractivity contribution in [2.24, 2.45) is 0 Å². The van der Waals surface area contributed by atoms with E-state index in [9.17, 15) is 13.7 Å². The molecule has 164 valence electrons. The number of nitriles is 1. The Bertz CT molecular complexity index is 1290. The Hall–Kier alpha value is -3.12. The SMILES string of the molecule is Cc1c(Cl)cccc1S(=O)(=O)N1CCN(c2oc(C=Cc3ccccc3)nc2C#N)CC1. The monoisotopic (exact) mass is 468 g/mol. The van der Waals surface area contributed by atoms with E-state index in [2.05, 4.69) is 11.1 Å². The van der Waals surface area contributed by atoms with Crippen molar-refractivity contribution in [2.45, 2.75) is 11.8 Å². The van der Waals surface area contributed by atoms with E-state index in [0.29, 0.717) is 35.5 Å². The van der Waals surface area contributed by atoms with Crippen LogP contribution in [0.2, 0.25) is 5.02 Å². The van der Waals surface area contributed by atoms with Crippen LogP contribution in [0.4, 0.5) is 5.88 Å². The van der Waals surface area contributed by atoms with E-state index in [1.54, 1.807) is 31.2 Å². The molecule has 0 atom stereocenters. The van der Waals surface area contributed by atoms with Crippen LogP contribution in [-0.2, 0) is 10.0 Å². The molecule has 32 heavy (non-hydrogen) atoms. The number of halogens is 1. The number of oxazole rings is 1. The summed E-state index contributed by atoms with van der Waals surface area (Å²) < 4.78 is 33.5. The molecule has 1 fully saturated rings. The number of nitrogens with zero attached hydrogens (tertiary/aromatic N) is 4. The highest BCUT2D eigenvalue weighted by Gasteiger charge is 2.32. The molecule has 0 spiro atoms. The maximum absolute atomic E-state index is 13.1. The number of rotatable bonds is 5. The van der Waals surface area contributed by atoms with Crippen molar-refractivity contribution in [3.05, 3.63) is 76.3 Å². The lowest BCUT2D eigenvalue weighted by atomic mass is 10.2. The molecule has 3 aromatic rings. The third kappa shape index (κ3) is 4.41. The lowest BCUT2D eigenvalue weighted by Crippen LogP contribution is -2.48. The normalized spacial score (nSPS) is 15.2. The molecule has 0 aliphatic carbocycles. The number of aromatic nitrogens is 1. The van der Waals surface area contributed by atoms with Crippen molar-refractivity contribution in [3.63, 3.8) is 0 Å². The quantitative estimate of drug-likeness (QED) is 0.557. The fourth-order valence-electron chi connectivity index (χ4n) is 3.56. The predicted molar refractivity (Wildman–Crippen MR) is 124 cm³/mol. The Labute approximate surface area is 192 Å². The van der Waals surface area contributed by atoms with Gasteiger partial charge < -0.3 is 9.32 Å². The molecule has 9 heteroatoms. The minimum atomic E-state index is -3.67. The molecule has 1 aromatic heterocycles. The number of hydrogen-bond acceptors (Lipinski definition) is 6. The Balaban J connectivity index is 1.50. The van der Waals surface area contributed by atoms with Gasteiger partial charge >= 0.3 is 0 Å². The van der Waals surface area contributed by atoms with Crippen molar-refractivity contribution in [1.29, 1.82) is 5.26 Å². The van der Waals surface area contributed by atoms with Gasteiger partial charge in [-0.2, -0.15) is 14.6 Å². The van der Waals surface area contributed by atoms with Gasteiger partial charge in [-0.05, 0) is 36.3 Å². The van der Waals surface area contributed by atoms with Crippen LogP contribution in [-0.4, -0.2) is 43.9 Å². The lowest BCUT2D eigenvalue weighted by Gasteiger charge is -2.34. The third-order valence-corrected chi connectivity index (χ3v) is 7.76. The van der Waals surface area contributed by atoms with E-state index < -0.39 is 10.0 Å². The zero-order valence-electron chi connectivity index (χ0n) is 17.4. The zero-order chi connectivity index (χ0) is 22.7. The van der Waals surface area contributed by atoms with Crippen LogP contribution in [0, 0.1) is 18.3 Å². The molecule has 1 aliphatic rings. The minimum absolute atomic E-state index is 0.180. The second-order valence-corrected chi connectivity index (χ2v) is 9.63. The van der Waals surface area contributed by atoms with Gasteiger partial charge in [0.2, 0.25) is 27.5 Å². The summed E-state index contributed by atoms with van der Waals surface area (Å²) in [6.07, 6.45) is 3.57. The van der Waals surface area contributed by atoms with Crippen molar-refractivity contribution >= 4 is 39.7 Å². The van der Waals surface area contributed by atoms with Crippen molar-refractivity contribution < 1.29 is 12.8 Å². The summed E-state index contributed by atoms with van der Waals surface area (Å²) in [5.74, 6) is 0.682. The van der Waals surface area contributed by atoms with Crippen LogP contribution >= 0.6 is 11.6 Å². The summed E-state index contributed by atoms with van der Waals surface area (Å²) in [5, 5.41) is 9.91. The number of piperazine rings is 1. The van der Waals surface area contributed by atoms with E-state index >= 15 is 0 Å². The minimum Gasteiger partial charge on any atom is -0.420 e. The fourth-order valence-corrected chi connectivity index (χ4v) is 5.46. The Morgan fingerprint density at radius 2 is 1.78 bits per heavy atom. The first kappa shape index (κ1) is 22.1. The molecule has 0 radical (unpaired) electrons. The highest BCUT2D eigenvalue weighted by molar-refractivity contribution is 7.89. The number of benzene rings is 2. The van der Waals surface area contributed by atoms with E-state index in [0.717, 1.165) is 5.56 Å². The zero-order valence-corrected chi connectivity index (χ0v) is 19.0. The van der Waals surface area contributed by atoms with Gasteiger partial charge in [-0.15, -0.1) is 0 Å².